The number of nitrogens with zero attached hydrogens (tertiary/aromatic N) is 3. The van der Waals surface area contributed by atoms with E-state index < -0.39 is 5.25 Å². The number of aryl methyl sites for hydroxylation is 2. The predicted molar refractivity (Wildman–Crippen MR) is 117 cm³/mol. The highest BCUT2D eigenvalue weighted by Crippen LogP contribution is 2.28. The van der Waals surface area contributed by atoms with E-state index in [1.165, 1.54) is 11.8 Å². The average Bonchev–Trinajstić information content (AvgIpc) is 3.33. The topological polar surface area (TPSA) is 88.9 Å². The molecule has 7 nitrogen and oxygen atoms in total. The van der Waals surface area contributed by atoms with Crippen molar-refractivity contribution in [3.8, 4) is 10.7 Å². The molecule has 0 spiro atoms. The Labute approximate surface area is 177 Å². The Morgan fingerprint density at radius 2 is 1.90 bits per heavy atom. The molecule has 1 unspecified atom stereocenters. The molecule has 0 radical (unpaired) electrons. The van der Waals surface area contributed by atoms with Gasteiger partial charge < -0.3 is 15.2 Å². The third kappa shape index (κ3) is 5.04. The molecule has 3 aromatic rings. The third-order valence-electron chi connectivity index (χ3n) is 4.40. The van der Waals surface area contributed by atoms with Crippen LogP contribution < -0.4 is 10.6 Å². The average molecular weight is 430 g/mol. The molecule has 0 aliphatic carbocycles. The molecule has 3 rings (SSSR count). The zero-order valence-corrected chi connectivity index (χ0v) is 18.4. The molecular formula is C20H23N5O2S2. The van der Waals surface area contributed by atoms with Crippen LogP contribution in [0, 0.1) is 13.8 Å². The number of para-hydroxylation sites is 1. The minimum absolute atomic E-state index is 0.0865. The third-order valence-corrected chi connectivity index (χ3v) is 6.40. The first-order chi connectivity index (χ1) is 13.9. The second-order valence-electron chi connectivity index (χ2n) is 6.64. The second-order valence-corrected chi connectivity index (χ2v) is 8.89. The van der Waals surface area contributed by atoms with Crippen molar-refractivity contribution in [3.05, 3.63) is 46.8 Å². The largest absolute Gasteiger partial charge is 0.346 e. The molecule has 0 saturated heterocycles. The summed E-state index contributed by atoms with van der Waals surface area (Å²) in [6.07, 6.45) is 0. The molecule has 9 heteroatoms. The van der Waals surface area contributed by atoms with Crippen LogP contribution in [0.5, 0.6) is 0 Å². The fourth-order valence-electron chi connectivity index (χ4n) is 2.76. The fraction of sp³-hybridized carbons (Fsp3) is 0.300. The Morgan fingerprint density at radius 3 is 2.55 bits per heavy atom. The maximum Gasteiger partial charge on any atom is 0.243 e. The number of benzene rings is 1. The van der Waals surface area contributed by atoms with Crippen molar-refractivity contribution >= 4 is 40.6 Å². The van der Waals surface area contributed by atoms with Gasteiger partial charge in [-0.15, -0.1) is 21.5 Å². The lowest BCUT2D eigenvalue weighted by Gasteiger charge is -2.13. The molecule has 0 saturated carbocycles. The van der Waals surface area contributed by atoms with Crippen molar-refractivity contribution in [1.29, 1.82) is 0 Å². The lowest BCUT2D eigenvalue weighted by atomic mass is 10.1. The van der Waals surface area contributed by atoms with Crippen molar-refractivity contribution in [2.45, 2.75) is 31.2 Å². The number of thiophene rings is 1. The maximum absolute atomic E-state index is 12.4. The van der Waals surface area contributed by atoms with E-state index in [0.717, 1.165) is 27.5 Å². The number of hydrogen-bond donors (Lipinski definition) is 2. The summed E-state index contributed by atoms with van der Waals surface area (Å²) in [7, 11) is 1.87. The number of rotatable bonds is 7. The Kier molecular flexibility index (Phi) is 6.71. The summed E-state index contributed by atoms with van der Waals surface area (Å²) in [5.41, 5.74) is 2.75. The van der Waals surface area contributed by atoms with Gasteiger partial charge in [0, 0.05) is 12.7 Å². The van der Waals surface area contributed by atoms with Crippen LogP contribution in [0.25, 0.3) is 10.7 Å². The number of anilines is 1. The first kappa shape index (κ1) is 21.1. The Bertz CT molecular complexity index is 994. The van der Waals surface area contributed by atoms with Crippen LogP contribution in [0.2, 0.25) is 0 Å². The smallest absolute Gasteiger partial charge is 0.243 e. The van der Waals surface area contributed by atoms with Crippen LogP contribution >= 0.6 is 23.1 Å². The summed E-state index contributed by atoms with van der Waals surface area (Å²) < 4.78 is 1.87. The number of amides is 2. The van der Waals surface area contributed by atoms with E-state index in [-0.39, 0.29) is 18.4 Å². The van der Waals surface area contributed by atoms with Gasteiger partial charge in [-0.05, 0) is 43.3 Å². The summed E-state index contributed by atoms with van der Waals surface area (Å²) in [5.74, 6) is 0.280. The number of thioether (sulfide) groups is 1. The van der Waals surface area contributed by atoms with E-state index in [2.05, 4.69) is 20.8 Å². The zero-order chi connectivity index (χ0) is 21.0. The summed E-state index contributed by atoms with van der Waals surface area (Å²) in [4.78, 5) is 25.7. The normalized spacial score (nSPS) is 11.9. The molecule has 1 aromatic carbocycles. The van der Waals surface area contributed by atoms with Crippen LogP contribution in [0.4, 0.5) is 5.69 Å². The maximum atomic E-state index is 12.4. The quantitative estimate of drug-likeness (QED) is 0.562. The number of carbonyl (C=O) groups is 2. The summed E-state index contributed by atoms with van der Waals surface area (Å²) in [6, 6.07) is 9.75. The summed E-state index contributed by atoms with van der Waals surface area (Å²) in [6.45, 7) is 5.57. The SMILES string of the molecule is Cc1cccc(C)c1NC(=O)CNC(=O)C(C)Sc1nnc(-c2cccs2)n1C. The molecule has 1 atom stereocenters. The molecule has 0 fully saturated rings. The molecule has 0 aliphatic heterocycles. The zero-order valence-electron chi connectivity index (χ0n) is 16.7. The Morgan fingerprint density at radius 1 is 1.17 bits per heavy atom. The van der Waals surface area contributed by atoms with Crippen molar-refractivity contribution < 1.29 is 9.59 Å². The van der Waals surface area contributed by atoms with Gasteiger partial charge in [0.2, 0.25) is 11.8 Å². The molecule has 2 N–H and O–H groups in total. The van der Waals surface area contributed by atoms with Crippen molar-refractivity contribution in [3.63, 3.8) is 0 Å². The standard InChI is InChI=1S/C20H23N5O2S2/c1-12-7-5-8-13(2)17(12)22-16(26)11-21-19(27)14(3)29-20-24-23-18(25(20)4)15-9-6-10-28-15/h5-10,14H,11H2,1-4H3,(H,21,27)(H,22,26). The van der Waals surface area contributed by atoms with Crippen molar-refractivity contribution in [2.24, 2.45) is 7.05 Å². The minimum atomic E-state index is -0.415. The van der Waals surface area contributed by atoms with Gasteiger partial charge >= 0.3 is 0 Å². The first-order valence-corrected chi connectivity index (χ1v) is 10.9. The summed E-state index contributed by atoms with van der Waals surface area (Å²) in [5, 5.41) is 16.2. The highest BCUT2D eigenvalue weighted by atomic mass is 32.2. The van der Waals surface area contributed by atoms with E-state index in [0.29, 0.717) is 5.16 Å². The lowest BCUT2D eigenvalue weighted by molar-refractivity contribution is -0.123. The molecule has 0 aliphatic rings. The van der Waals surface area contributed by atoms with Gasteiger partial charge in [0.05, 0.1) is 16.7 Å². The van der Waals surface area contributed by atoms with Crippen LogP contribution in [0.1, 0.15) is 18.1 Å². The number of aromatic nitrogens is 3. The fourth-order valence-corrected chi connectivity index (χ4v) is 4.34. The number of hydrogen-bond acceptors (Lipinski definition) is 6. The second kappa shape index (κ2) is 9.23. The van der Waals surface area contributed by atoms with E-state index in [9.17, 15) is 9.59 Å². The molecule has 2 amide bonds. The van der Waals surface area contributed by atoms with Gasteiger partial charge in [-0.1, -0.05) is 36.0 Å². The molecule has 2 aromatic heterocycles. The Balaban J connectivity index is 1.54. The number of carbonyl (C=O) groups excluding carboxylic acids is 2. The lowest BCUT2D eigenvalue weighted by Crippen LogP contribution is -2.37. The molecule has 152 valence electrons. The van der Waals surface area contributed by atoms with Gasteiger partial charge in [-0.25, -0.2) is 0 Å². The molecule has 0 bridgehead atoms. The van der Waals surface area contributed by atoms with Crippen molar-refractivity contribution in [2.75, 3.05) is 11.9 Å². The Hall–Kier alpha value is -2.65. The minimum Gasteiger partial charge on any atom is -0.346 e. The van der Waals surface area contributed by atoms with E-state index in [1.807, 2.05) is 61.2 Å². The molecule has 2 heterocycles. The van der Waals surface area contributed by atoms with Gasteiger partial charge in [-0.2, -0.15) is 0 Å². The highest BCUT2D eigenvalue weighted by molar-refractivity contribution is 8.00. The van der Waals surface area contributed by atoms with Gasteiger partial charge in [0.1, 0.15) is 0 Å². The molecule has 29 heavy (non-hydrogen) atoms. The van der Waals surface area contributed by atoms with E-state index in [1.54, 1.807) is 18.3 Å². The number of nitrogens with one attached hydrogen (secondary N) is 2. The van der Waals surface area contributed by atoms with Gasteiger partial charge in [-0.3, -0.25) is 9.59 Å². The summed E-state index contributed by atoms with van der Waals surface area (Å²) >= 11 is 2.89. The van der Waals surface area contributed by atoms with Gasteiger partial charge in [0.25, 0.3) is 0 Å². The molecular weight excluding hydrogens is 406 g/mol. The van der Waals surface area contributed by atoms with Crippen LogP contribution in [0.15, 0.2) is 40.9 Å². The highest BCUT2D eigenvalue weighted by Gasteiger charge is 2.20. The monoisotopic (exact) mass is 429 g/mol. The van der Waals surface area contributed by atoms with Crippen molar-refractivity contribution in [1.82, 2.24) is 20.1 Å². The van der Waals surface area contributed by atoms with Crippen LogP contribution in [-0.4, -0.2) is 38.4 Å². The predicted octanol–water partition coefficient (Wildman–Crippen LogP) is 3.40. The first-order valence-electron chi connectivity index (χ1n) is 9.10. The van der Waals surface area contributed by atoms with Crippen LogP contribution in [-0.2, 0) is 16.6 Å². The van der Waals surface area contributed by atoms with Gasteiger partial charge in [0.15, 0.2) is 11.0 Å². The van der Waals surface area contributed by atoms with E-state index >= 15 is 0 Å². The van der Waals surface area contributed by atoms with E-state index in [4.69, 9.17) is 0 Å². The van der Waals surface area contributed by atoms with Crippen LogP contribution in [0.3, 0.4) is 0 Å².